The Morgan fingerprint density at radius 2 is 1.00 bits per heavy atom. The molecule has 5 atom stereocenters. The summed E-state index contributed by atoms with van der Waals surface area (Å²) in [6.45, 7) is 2.64. The van der Waals surface area contributed by atoms with Crippen molar-refractivity contribution < 1.29 is 56.0 Å². The fourth-order valence-electron chi connectivity index (χ4n) is 5.95. The van der Waals surface area contributed by atoms with E-state index < -0.39 is 72.9 Å². The van der Waals surface area contributed by atoms with E-state index in [1.807, 2.05) is 91.0 Å². The minimum atomic E-state index is -5.15. The van der Waals surface area contributed by atoms with Crippen LogP contribution in [0.5, 0.6) is 0 Å². The largest absolute Gasteiger partial charge is 0.468 e. The number of halogens is 3. The smallest absolute Gasteiger partial charge is 0.456 e. The lowest BCUT2D eigenvalue weighted by Gasteiger charge is -2.45. The first-order chi connectivity index (χ1) is 24.9. The highest BCUT2D eigenvalue weighted by atomic mass is 19.4. The molecule has 0 aromatic heterocycles. The fourth-order valence-corrected chi connectivity index (χ4v) is 5.95. The molecule has 1 fully saturated rings. The maximum absolute atomic E-state index is 14.5. The maximum Gasteiger partial charge on any atom is 0.468 e. The fraction of sp³-hybridized carbons (Fsp3) is 0.282. The first kappa shape index (κ1) is 37.7. The molecule has 1 heterocycles. The highest BCUT2D eigenvalue weighted by Crippen LogP contribution is 2.42. The zero-order valence-electron chi connectivity index (χ0n) is 28.4. The van der Waals surface area contributed by atoms with Gasteiger partial charge in [-0.2, -0.15) is 13.2 Å². The van der Waals surface area contributed by atoms with Crippen molar-refractivity contribution in [1.29, 1.82) is 0 Å². The third-order valence-corrected chi connectivity index (χ3v) is 7.96. The van der Waals surface area contributed by atoms with Gasteiger partial charge in [-0.05, 0) is 28.8 Å². The Morgan fingerprint density at radius 3 is 1.42 bits per heavy atom. The number of nitrogens with zero attached hydrogens (tertiary/aromatic N) is 1. The lowest BCUT2D eigenvalue weighted by atomic mass is 9.80. The van der Waals surface area contributed by atoms with Crippen molar-refractivity contribution >= 4 is 29.5 Å². The molecule has 1 unspecified atom stereocenters. The van der Waals surface area contributed by atoms with Crippen molar-refractivity contribution in [3.05, 3.63) is 138 Å². The number of ether oxygens (including phenoxy) is 6. The monoisotopic (exact) mass is 719 g/mol. The standard InChI is InChI=1S/C39H36F3NO9/c1-25(44)48-33-32(24-47-38(28-16-8-4-9-17-28,29-18-10-5-11-19-29)30-20-12-6-13-21-30)51-36(35(50-27(3)46)34(33)49-26(2)45)52-37(39(40,41)42)43-31-22-14-7-15-23-31/h4-23,32-36H,24H2,1-3H3/t32-,33-,34+,35-,36?/m1/s1. The predicted molar refractivity (Wildman–Crippen MR) is 181 cm³/mol. The Balaban J connectivity index is 1.64. The summed E-state index contributed by atoms with van der Waals surface area (Å²) in [6.07, 6.45) is -13.8. The van der Waals surface area contributed by atoms with Gasteiger partial charge in [-0.25, -0.2) is 4.99 Å². The summed E-state index contributed by atoms with van der Waals surface area (Å²) in [7, 11) is 0. The lowest BCUT2D eigenvalue weighted by Crippen LogP contribution is -2.63. The predicted octanol–water partition coefficient (Wildman–Crippen LogP) is 6.82. The molecule has 0 saturated carbocycles. The van der Waals surface area contributed by atoms with Gasteiger partial charge in [-0.1, -0.05) is 109 Å². The first-order valence-corrected chi connectivity index (χ1v) is 16.2. The van der Waals surface area contributed by atoms with Gasteiger partial charge in [0.15, 0.2) is 12.2 Å². The van der Waals surface area contributed by atoms with Crippen molar-refractivity contribution in [2.75, 3.05) is 6.61 Å². The van der Waals surface area contributed by atoms with E-state index in [0.717, 1.165) is 20.8 Å². The van der Waals surface area contributed by atoms with Crippen LogP contribution in [0.1, 0.15) is 37.5 Å². The zero-order valence-corrected chi connectivity index (χ0v) is 28.4. The normalized spacial score (nSPS) is 20.7. The molecular weight excluding hydrogens is 683 g/mol. The number of hydrogen-bond donors (Lipinski definition) is 0. The topological polar surface area (TPSA) is 119 Å². The highest BCUT2D eigenvalue weighted by molar-refractivity contribution is 5.84. The van der Waals surface area contributed by atoms with Gasteiger partial charge < -0.3 is 28.4 Å². The van der Waals surface area contributed by atoms with Gasteiger partial charge in [-0.3, -0.25) is 14.4 Å². The summed E-state index contributed by atoms with van der Waals surface area (Å²) < 4.78 is 78.3. The van der Waals surface area contributed by atoms with Crippen LogP contribution in [0.4, 0.5) is 18.9 Å². The van der Waals surface area contributed by atoms with Gasteiger partial charge in [0.2, 0.25) is 12.4 Å². The average Bonchev–Trinajstić information content (AvgIpc) is 3.12. The SMILES string of the molecule is CC(=O)O[C@H]1[C@H](OC(C)=O)[C@@H](OC(C)=O)C(OC(=Nc2ccccc2)C(F)(F)F)O[C@@H]1COC(c1ccccc1)(c1ccccc1)c1ccccc1. The second kappa shape index (κ2) is 16.7. The summed E-state index contributed by atoms with van der Waals surface area (Å²) in [6, 6.07) is 34.8. The van der Waals surface area contributed by atoms with Crippen LogP contribution >= 0.6 is 0 Å². The Labute approximate surface area is 298 Å². The molecule has 0 N–H and O–H groups in total. The molecule has 0 radical (unpaired) electrons. The van der Waals surface area contributed by atoms with Crippen molar-refractivity contribution in [2.45, 2.75) is 63.3 Å². The molecule has 0 bridgehead atoms. The summed E-state index contributed by atoms with van der Waals surface area (Å²) >= 11 is 0. The molecule has 52 heavy (non-hydrogen) atoms. The second-order valence-corrected chi connectivity index (χ2v) is 11.7. The zero-order chi connectivity index (χ0) is 37.3. The van der Waals surface area contributed by atoms with Crippen molar-refractivity contribution in [1.82, 2.24) is 0 Å². The summed E-state index contributed by atoms with van der Waals surface area (Å²) in [5.74, 6) is -4.47. The van der Waals surface area contributed by atoms with E-state index in [0.29, 0.717) is 16.7 Å². The van der Waals surface area contributed by atoms with Crippen LogP contribution in [-0.2, 0) is 48.4 Å². The molecule has 1 saturated heterocycles. The van der Waals surface area contributed by atoms with Crippen LogP contribution in [0, 0.1) is 0 Å². The van der Waals surface area contributed by atoms with Crippen LogP contribution in [-0.4, -0.2) is 67.3 Å². The molecule has 272 valence electrons. The molecule has 5 rings (SSSR count). The van der Waals surface area contributed by atoms with Gasteiger partial charge in [0, 0.05) is 20.8 Å². The van der Waals surface area contributed by atoms with Crippen LogP contribution < -0.4 is 0 Å². The Kier molecular flexibility index (Phi) is 12.1. The van der Waals surface area contributed by atoms with E-state index in [1.54, 1.807) is 6.07 Å². The summed E-state index contributed by atoms with van der Waals surface area (Å²) in [5, 5.41) is 0. The number of hydrogen-bond acceptors (Lipinski definition) is 10. The van der Waals surface area contributed by atoms with E-state index in [1.165, 1.54) is 24.3 Å². The van der Waals surface area contributed by atoms with Gasteiger partial charge in [0.1, 0.15) is 11.7 Å². The number of aliphatic imine (C=N–C) groups is 1. The number of esters is 3. The molecular formula is C39H36F3NO9. The molecule has 0 amide bonds. The average molecular weight is 720 g/mol. The third-order valence-electron chi connectivity index (χ3n) is 7.96. The van der Waals surface area contributed by atoms with Crippen LogP contribution in [0.15, 0.2) is 126 Å². The molecule has 1 aliphatic heterocycles. The minimum absolute atomic E-state index is 0.0951. The number of para-hydroxylation sites is 1. The van der Waals surface area contributed by atoms with Gasteiger partial charge in [0.05, 0.1) is 12.3 Å². The van der Waals surface area contributed by atoms with Crippen LogP contribution in [0.3, 0.4) is 0 Å². The molecule has 1 aliphatic rings. The van der Waals surface area contributed by atoms with Crippen molar-refractivity contribution in [3.63, 3.8) is 0 Å². The summed E-state index contributed by atoms with van der Waals surface area (Å²) in [4.78, 5) is 41.0. The Hall–Kier alpha value is -5.53. The maximum atomic E-state index is 14.5. The molecule has 0 aliphatic carbocycles. The minimum Gasteiger partial charge on any atom is -0.456 e. The lowest BCUT2D eigenvalue weighted by molar-refractivity contribution is -0.298. The molecule has 4 aromatic rings. The number of carbonyl (C=O) groups excluding carboxylic acids is 3. The number of alkyl halides is 3. The van der Waals surface area contributed by atoms with E-state index in [4.69, 9.17) is 28.4 Å². The second-order valence-electron chi connectivity index (χ2n) is 11.7. The molecule has 0 spiro atoms. The van der Waals surface area contributed by atoms with Gasteiger partial charge >= 0.3 is 24.1 Å². The first-order valence-electron chi connectivity index (χ1n) is 16.2. The van der Waals surface area contributed by atoms with Gasteiger partial charge in [0.25, 0.3) is 5.90 Å². The number of benzene rings is 4. The van der Waals surface area contributed by atoms with Crippen molar-refractivity contribution in [2.24, 2.45) is 4.99 Å². The number of carbonyl (C=O) groups is 3. The Bertz CT molecular complexity index is 1730. The highest BCUT2D eigenvalue weighted by Gasteiger charge is 2.55. The van der Waals surface area contributed by atoms with Crippen LogP contribution in [0.25, 0.3) is 0 Å². The van der Waals surface area contributed by atoms with Crippen molar-refractivity contribution in [3.8, 4) is 0 Å². The van der Waals surface area contributed by atoms with E-state index in [-0.39, 0.29) is 5.69 Å². The summed E-state index contributed by atoms with van der Waals surface area (Å²) in [5.41, 5.74) is 0.609. The quantitative estimate of drug-likeness (QED) is 0.0541. The van der Waals surface area contributed by atoms with E-state index >= 15 is 0 Å². The van der Waals surface area contributed by atoms with Crippen LogP contribution in [0.2, 0.25) is 0 Å². The van der Waals surface area contributed by atoms with Gasteiger partial charge in [-0.15, -0.1) is 0 Å². The van der Waals surface area contributed by atoms with E-state index in [9.17, 15) is 27.6 Å². The van der Waals surface area contributed by atoms with E-state index in [2.05, 4.69) is 4.99 Å². The molecule has 13 heteroatoms. The molecule has 10 nitrogen and oxygen atoms in total. The third kappa shape index (κ3) is 9.03. The molecule has 4 aromatic carbocycles. The Morgan fingerprint density at radius 1 is 0.596 bits per heavy atom. The number of rotatable bonds is 11.